The fourth-order valence-electron chi connectivity index (χ4n) is 1.67. The van der Waals surface area contributed by atoms with E-state index in [2.05, 4.69) is 44.3 Å². The van der Waals surface area contributed by atoms with Gasteiger partial charge in [0.2, 0.25) is 0 Å². The largest absolute Gasteiger partial charge is 0.492 e. The Hall–Kier alpha value is -0.670. The van der Waals surface area contributed by atoms with E-state index in [1.165, 1.54) is 11.1 Å². The third-order valence-electron chi connectivity index (χ3n) is 2.54. The number of ether oxygens (including phenoxy) is 1. The third kappa shape index (κ3) is 5.00. The van der Waals surface area contributed by atoms with Crippen LogP contribution in [0.5, 0.6) is 5.75 Å². The molecule has 0 atom stereocenters. The fraction of sp³-hybridized carbons (Fsp3) is 0.571. The second kappa shape index (κ2) is 8.43. The van der Waals surface area contributed by atoms with Crippen LogP contribution in [0.3, 0.4) is 0 Å². The highest BCUT2D eigenvalue weighted by Crippen LogP contribution is 2.23. The van der Waals surface area contributed by atoms with E-state index >= 15 is 0 Å². The predicted molar refractivity (Wildman–Crippen MR) is 77.1 cm³/mol. The minimum absolute atomic E-state index is 0.794. The van der Waals surface area contributed by atoms with Gasteiger partial charge in [0.15, 0.2) is 0 Å². The van der Waals surface area contributed by atoms with Crippen molar-refractivity contribution in [2.45, 2.75) is 27.3 Å². The van der Waals surface area contributed by atoms with Crippen LogP contribution in [0.4, 0.5) is 0 Å². The molecule has 0 amide bonds. The first-order chi connectivity index (χ1) is 8.29. The molecule has 0 spiro atoms. The molecule has 3 heteroatoms. The molecule has 0 heterocycles. The lowest BCUT2D eigenvalue weighted by Crippen LogP contribution is -2.14. The van der Waals surface area contributed by atoms with Crippen molar-refractivity contribution >= 4 is 11.8 Å². The molecule has 0 bridgehead atoms. The summed E-state index contributed by atoms with van der Waals surface area (Å²) >= 11 is 1.92. The number of rotatable bonds is 8. The van der Waals surface area contributed by atoms with E-state index in [9.17, 15) is 0 Å². The Labute approximate surface area is 109 Å². The van der Waals surface area contributed by atoms with Crippen molar-refractivity contribution in [1.82, 2.24) is 5.32 Å². The quantitative estimate of drug-likeness (QED) is 0.719. The van der Waals surface area contributed by atoms with Crippen LogP contribution in [0.2, 0.25) is 0 Å². The summed E-state index contributed by atoms with van der Waals surface area (Å²) in [5, 5.41) is 3.35. The molecule has 1 rings (SSSR count). The van der Waals surface area contributed by atoms with Gasteiger partial charge in [-0.05, 0) is 24.8 Å². The SMILES string of the molecule is CCNCc1cccc(C)c1OCCSCC. The summed E-state index contributed by atoms with van der Waals surface area (Å²) < 4.78 is 5.91. The summed E-state index contributed by atoms with van der Waals surface area (Å²) in [5.74, 6) is 3.28. The first-order valence-corrected chi connectivity index (χ1v) is 7.44. The van der Waals surface area contributed by atoms with E-state index in [1.807, 2.05) is 11.8 Å². The minimum Gasteiger partial charge on any atom is -0.492 e. The number of nitrogens with one attached hydrogen (secondary N) is 1. The Morgan fingerprint density at radius 1 is 1.29 bits per heavy atom. The molecule has 0 saturated carbocycles. The Bertz CT molecular complexity index is 328. The summed E-state index contributed by atoms with van der Waals surface area (Å²) in [6.45, 7) is 9.07. The highest BCUT2D eigenvalue weighted by atomic mass is 32.2. The zero-order valence-corrected chi connectivity index (χ0v) is 11.9. The van der Waals surface area contributed by atoms with E-state index in [1.54, 1.807) is 0 Å². The van der Waals surface area contributed by atoms with E-state index in [-0.39, 0.29) is 0 Å². The van der Waals surface area contributed by atoms with Gasteiger partial charge >= 0.3 is 0 Å². The minimum atomic E-state index is 0.794. The lowest BCUT2D eigenvalue weighted by Gasteiger charge is -2.14. The molecule has 0 radical (unpaired) electrons. The number of para-hydroxylation sites is 1. The monoisotopic (exact) mass is 253 g/mol. The van der Waals surface area contributed by atoms with Gasteiger partial charge < -0.3 is 10.1 Å². The molecule has 1 aromatic rings. The lowest BCUT2D eigenvalue weighted by molar-refractivity contribution is 0.337. The van der Waals surface area contributed by atoms with Crippen molar-refractivity contribution in [2.75, 3.05) is 24.7 Å². The first-order valence-electron chi connectivity index (χ1n) is 6.29. The van der Waals surface area contributed by atoms with E-state index in [0.717, 1.165) is 37.0 Å². The molecular weight excluding hydrogens is 230 g/mol. The molecule has 17 heavy (non-hydrogen) atoms. The number of hydrogen-bond acceptors (Lipinski definition) is 3. The molecule has 0 fully saturated rings. The van der Waals surface area contributed by atoms with Gasteiger partial charge in [-0.15, -0.1) is 0 Å². The third-order valence-corrected chi connectivity index (χ3v) is 3.40. The van der Waals surface area contributed by atoms with Crippen LogP contribution in [0.1, 0.15) is 25.0 Å². The topological polar surface area (TPSA) is 21.3 Å². The van der Waals surface area contributed by atoms with E-state index in [0.29, 0.717) is 0 Å². The maximum atomic E-state index is 5.91. The summed E-state index contributed by atoms with van der Waals surface area (Å²) in [5.41, 5.74) is 2.48. The van der Waals surface area contributed by atoms with Crippen LogP contribution >= 0.6 is 11.8 Å². The summed E-state index contributed by atoms with van der Waals surface area (Å²) in [7, 11) is 0. The van der Waals surface area contributed by atoms with E-state index in [4.69, 9.17) is 4.74 Å². The van der Waals surface area contributed by atoms with Gasteiger partial charge in [-0.1, -0.05) is 32.0 Å². The predicted octanol–water partition coefficient (Wildman–Crippen LogP) is 3.24. The Kier molecular flexibility index (Phi) is 7.13. The van der Waals surface area contributed by atoms with Crippen molar-refractivity contribution in [2.24, 2.45) is 0 Å². The molecule has 2 nitrogen and oxygen atoms in total. The van der Waals surface area contributed by atoms with Crippen molar-refractivity contribution in [1.29, 1.82) is 0 Å². The maximum Gasteiger partial charge on any atom is 0.126 e. The molecule has 0 aliphatic carbocycles. The Morgan fingerprint density at radius 2 is 2.12 bits per heavy atom. The zero-order valence-electron chi connectivity index (χ0n) is 11.1. The Balaban J connectivity index is 2.60. The van der Waals surface area contributed by atoms with Gasteiger partial charge in [-0.25, -0.2) is 0 Å². The van der Waals surface area contributed by atoms with Crippen LogP contribution in [0.25, 0.3) is 0 Å². The first kappa shape index (κ1) is 14.4. The molecule has 1 aromatic carbocycles. The normalized spacial score (nSPS) is 10.5. The fourth-order valence-corrected chi connectivity index (χ4v) is 2.16. The van der Waals surface area contributed by atoms with Crippen LogP contribution in [-0.4, -0.2) is 24.7 Å². The van der Waals surface area contributed by atoms with Gasteiger partial charge in [0, 0.05) is 17.9 Å². The second-order valence-electron chi connectivity index (χ2n) is 3.89. The molecule has 0 aliphatic heterocycles. The average molecular weight is 253 g/mol. The molecule has 0 unspecified atom stereocenters. The smallest absolute Gasteiger partial charge is 0.126 e. The standard InChI is InChI=1S/C14H23NOS/c1-4-15-11-13-8-6-7-12(3)14(13)16-9-10-17-5-2/h6-8,15H,4-5,9-11H2,1-3H3. The molecule has 0 aromatic heterocycles. The van der Waals surface area contributed by atoms with Crippen molar-refractivity contribution in [3.8, 4) is 5.75 Å². The molecule has 0 aliphatic rings. The molecule has 0 saturated heterocycles. The Morgan fingerprint density at radius 3 is 2.82 bits per heavy atom. The van der Waals surface area contributed by atoms with Gasteiger partial charge in [-0.2, -0.15) is 11.8 Å². The number of benzene rings is 1. The number of hydrogen-bond donors (Lipinski definition) is 1. The van der Waals surface area contributed by atoms with Crippen LogP contribution < -0.4 is 10.1 Å². The van der Waals surface area contributed by atoms with Gasteiger partial charge in [0.25, 0.3) is 0 Å². The lowest BCUT2D eigenvalue weighted by atomic mass is 10.1. The van der Waals surface area contributed by atoms with Gasteiger partial charge in [0.1, 0.15) is 5.75 Å². The van der Waals surface area contributed by atoms with Gasteiger partial charge in [0.05, 0.1) is 6.61 Å². The van der Waals surface area contributed by atoms with Crippen LogP contribution in [0, 0.1) is 6.92 Å². The zero-order chi connectivity index (χ0) is 12.5. The summed E-state index contributed by atoms with van der Waals surface area (Å²) in [6, 6.07) is 6.34. The molecule has 1 N–H and O–H groups in total. The average Bonchev–Trinajstić information content (AvgIpc) is 2.34. The van der Waals surface area contributed by atoms with Crippen LogP contribution in [0.15, 0.2) is 18.2 Å². The highest BCUT2D eigenvalue weighted by Gasteiger charge is 2.06. The van der Waals surface area contributed by atoms with Crippen LogP contribution in [-0.2, 0) is 6.54 Å². The van der Waals surface area contributed by atoms with Crippen molar-refractivity contribution < 1.29 is 4.74 Å². The molecular formula is C14H23NOS. The second-order valence-corrected chi connectivity index (χ2v) is 5.28. The van der Waals surface area contributed by atoms with Gasteiger partial charge in [-0.3, -0.25) is 0 Å². The summed E-state index contributed by atoms with van der Waals surface area (Å²) in [6.07, 6.45) is 0. The van der Waals surface area contributed by atoms with E-state index < -0.39 is 0 Å². The summed E-state index contributed by atoms with van der Waals surface area (Å²) in [4.78, 5) is 0. The maximum absolute atomic E-state index is 5.91. The number of thioether (sulfide) groups is 1. The number of aryl methyl sites for hydroxylation is 1. The van der Waals surface area contributed by atoms with Crippen molar-refractivity contribution in [3.63, 3.8) is 0 Å². The molecule has 96 valence electrons. The van der Waals surface area contributed by atoms with Crippen molar-refractivity contribution in [3.05, 3.63) is 29.3 Å². The highest BCUT2D eigenvalue weighted by molar-refractivity contribution is 7.99.